The van der Waals surface area contributed by atoms with Crippen LogP contribution in [0.15, 0.2) is 60.7 Å². The Morgan fingerprint density at radius 3 is 2.17 bits per heavy atom. The second-order valence-corrected chi connectivity index (χ2v) is 5.61. The van der Waals surface area contributed by atoms with Crippen molar-refractivity contribution in [2.45, 2.75) is 31.8 Å². The number of ether oxygens (including phenoxy) is 3. The van der Waals surface area contributed by atoms with Crippen molar-refractivity contribution in [3.63, 3.8) is 0 Å². The van der Waals surface area contributed by atoms with E-state index in [-0.39, 0.29) is 0 Å². The first-order valence-corrected chi connectivity index (χ1v) is 7.75. The fourth-order valence-corrected chi connectivity index (χ4v) is 2.78. The van der Waals surface area contributed by atoms with Crippen LogP contribution in [0.1, 0.15) is 37.4 Å². The molecule has 0 bridgehead atoms. The maximum absolute atomic E-state index is 12.5. The number of carbonyl (C=O) groups excluding carboxylic acids is 1. The summed E-state index contributed by atoms with van der Waals surface area (Å²) in [4.78, 5) is 12.5. The zero-order valence-corrected chi connectivity index (χ0v) is 13.3. The van der Waals surface area contributed by atoms with Crippen LogP contribution in [0.3, 0.4) is 0 Å². The number of hydrogen-bond acceptors (Lipinski definition) is 4. The van der Waals surface area contributed by atoms with Crippen LogP contribution in [0.4, 0.5) is 0 Å². The van der Waals surface area contributed by atoms with E-state index in [9.17, 15) is 4.79 Å². The number of rotatable bonds is 4. The van der Waals surface area contributed by atoms with Crippen molar-refractivity contribution in [2.75, 3.05) is 6.61 Å². The molecule has 1 fully saturated rings. The molecule has 2 aromatic carbocycles. The van der Waals surface area contributed by atoms with Crippen molar-refractivity contribution in [1.82, 2.24) is 0 Å². The van der Waals surface area contributed by atoms with Gasteiger partial charge in [-0.1, -0.05) is 60.7 Å². The summed E-state index contributed by atoms with van der Waals surface area (Å²) in [5.74, 6) is -0.410. The molecule has 23 heavy (non-hydrogen) atoms. The lowest BCUT2D eigenvalue weighted by atomic mass is 9.93. The smallest absolute Gasteiger partial charge is 0.341 e. The van der Waals surface area contributed by atoms with Gasteiger partial charge < -0.3 is 14.2 Å². The average Bonchev–Trinajstić information content (AvgIpc) is 2.96. The van der Waals surface area contributed by atoms with Crippen LogP contribution in [0.5, 0.6) is 0 Å². The summed E-state index contributed by atoms with van der Waals surface area (Å²) >= 11 is 0. The van der Waals surface area contributed by atoms with Gasteiger partial charge in [-0.25, -0.2) is 4.79 Å². The first-order chi connectivity index (χ1) is 11.1. The molecule has 0 N–H and O–H groups in total. The maximum Gasteiger partial charge on any atom is 0.341 e. The minimum absolute atomic E-state index is 0.301. The molecule has 1 saturated heterocycles. The topological polar surface area (TPSA) is 44.8 Å². The summed E-state index contributed by atoms with van der Waals surface area (Å²) in [7, 11) is 0. The third-order valence-electron chi connectivity index (χ3n) is 3.97. The van der Waals surface area contributed by atoms with Gasteiger partial charge in [0.15, 0.2) is 11.9 Å². The average molecular weight is 312 g/mol. The molecule has 120 valence electrons. The summed E-state index contributed by atoms with van der Waals surface area (Å²) in [5, 5.41) is 0. The van der Waals surface area contributed by atoms with E-state index >= 15 is 0 Å². The predicted octanol–water partition coefficient (Wildman–Crippen LogP) is 3.80. The van der Waals surface area contributed by atoms with Gasteiger partial charge in [-0.2, -0.15) is 0 Å². The Bertz CT molecular complexity index is 656. The lowest BCUT2D eigenvalue weighted by molar-refractivity contribution is -0.170. The summed E-state index contributed by atoms with van der Waals surface area (Å²) in [5.41, 5.74) is 0.584. The van der Waals surface area contributed by atoms with Crippen LogP contribution in [-0.4, -0.2) is 18.2 Å². The van der Waals surface area contributed by atoms with Gasteiger partial charge in [-0.15, -0.1) is 0 Å². The molecule has 4 nitrogen and oxygen atoms in total. The molecule has 4 heteroatoms. The van der Waals surface area contributed by atoms with Crippen LogP contribution >= 0.6 is 0 Å². The quantitative estimate of drug-likeness (QED) is 0.806. The fourth-order valence-electron chi connectivity index (χ4n) is 2.78. The third-order valence-corrected chi connectivity index (χ3v) is 3.97. The van der Waals surface area contributed by atoms with Gasteiger partial charge in [0.05, 0.1) is 6.61 Å². The second-order valence-electron chi connectivity index (χ2n) is 5.61. The summed E-state index contributed by atoms with van der Waals surface area (Å²) < 4.78 is 17.3. The Hall–Kier alpha value is -2.17. The van der Waals surface area contributed by atoms with Crippen LogP contribution < -0.4 is 0 Å². The molecule has 0 aromatic heterocycles. The van der Waals surface area contributed by atoms with Crippen molar-refractivity contribution in [3.8, 4) is 0 Å². The molecule has 1 heterocycles. The zero-order valence-electron chi connectivity index (χ0n) is 13.3. The summed E-state index contributed by atoms with van der Waals surface area (Å²) in [6.07, 6.45) is -1.12. The monoisotopic (exact) mass is 312 g/mol. The van der Waals surface area contributed by atoms with Gasteiger partial charge in [0.25, 0.3) is 0 Å². The minimum atomic E-state index is -1.18. The van der Waals surface area contributed by atoms with E-state index in [0.717, 1.165) is 11.1 Å². The van der Waals surface area contributed by atoms with Gasteiger partial charge in [0, 0.05) is 5.56 Å². The van der Waals surface area contributed by atoms with E-state index in [2.05, 4.69) is 0 Å². The number of carbonyl (C=O) groups is 1. The predicted molar refractivity (Wildman–Crippen MR) is 85.6 cm³/mol. The Morgan fingerprint density at radius 2 is 1.61 bits per heavy atom. The molecule has 1 aliphatic rings. The van der Waals surface area contributed by atoms with Crippen LogP contribution in [-0.2, 0) is 19.0 Å². The molecule has 3 rings (SSSR count). The van der Waals surface area contributed by atoms with Gasteiger partial charge in [-0.05, 0) is 19.4 Å². The van der Waals surface area contributed by atoms with Crippen molar-refractivity contribution < 1.29 is 19.0 Å². The molecule has 0 aliphatic carbocycles. The minimum Gasteiger partial charge on any atom is -0.464 e. The molecule has 0 radical (unpaired) electrons. The highest BCUT2D eigenvalue weighted by Crippen LogP contribution is 2.47. The summed E-state index contributed by atoms with van der Waals surface area (Å²) in [6.45, 7) is 3.81. The lowest BCUT2D eigenvalue weighted by Crippen LogP contribution is -2.41. The molecule has 0 saturated carbocycles. The van der Waals surface area contributed by atoms with Crippen molar-refractivity contribution in [1.29, 1.82) is 0 Å². The Labute approximate surface area is 136 Å². The van der Waals surface area contributed by atoms with Crippen LogP contribution in [0.25, 0.3) is 0 Å². The molecule has 0 unspecified atom stereocenters. The van der Waals surface area contributed by atoms with Crippen molar-refractivity contribution in [3.05, 3.63) is 71.8 Å². The normalized spacial score (nSPS) is 26.9. The molecular formula is C19H20O4. The number of benzene rings is 2. The van der Waals surface area contributed by atoms with E-state index in [1.807, 2.05) is 60.7 Å². The highest BCUT2D eigenvalue weighted by molar-refractivity contribution is 5.80. The molecule has 0 amide bonds. The third kappa shape index (κ3) is 3.00. The van der Waals surface area contributed by atoms with Crippen molar-refractivity contribution >= 4 is 5.97 Å². The van der Waals surface area contributed by atoms with Gasteiger partial charge in [0.2, 0.25) is 0 Å². The largest absolute Gasteiger partial charge is 0.464 e. The molecular weight excluding hydrogens is 292 g/mol. The Kier molecular flexibility index (Phi) is 4.46. The van der Waals surface area contributed by atoms with E-state index in [4.69, 9.17) is 14.2 Å². The standard InChI is InChI=1S/C19H20O4/c1-3-21-18(20)19(2)16(14-10-6-4-7-11-14)22-17(23-19)15-12-8-5-9-13-15/h4-13,16-17H,3H2,1-2H3/t16-,17-,19+/m1/s1. The zero-order chi connectivity index (χ0) is 16.3. The van der Waals surface area contributed by atoms with Crippen LogP contribution in [0.2, 0.25) is 0 Å². The Morgan fingerprint density at radius 1 is 1.04 bits per heavy atom. The number of hydrogen-bond donors (Lipinski definition) is 0. The first kappa shape index (κ1) is 15.7. The molecule has 0 spiro atoms. The van der Waals surface area contributed by atoms with Crippen LogP contribution in [0, 0.1) is 0 Å². The highest BCUT2D eigenvalue weighted by Gasteiger charge is 2.54. The van der Waals surface area contributed by atoms with Gasteiger partial charge >= 0.3 is 5.97 Å². The van der Waals surface area contributed by atoms with Gasteiger partial charge in [-0.3, -0.25) is 0 Å². The van der Waals surface area contributed by atoms with E-state index < -0.39 is 24.0 Å². The molecule has 1 aliphatic heterocycles. The molecule has 3 atom stereocenters. The first-order valence-electron chi connectivity index (χ1n) is 7.75. The number of esters is 1. The molecule has 2 aromatic rings. The van der Waals surface area contributed by atoms with E-state index in [1.54, 1.807) is 13.8 Å². The second kappa shape index (κ2) is 6.52. The van der Waals surface area contributed by atoms with E-state index in [0.29, 0.717) is 6.61 Å². The SMILES string of the molecule is CCOC(=O)[C@@]1(C)O[C@H](c2ccccc2)O[C@@H]1c1ccccc1. The van der Waals surface area contributed by atoms with Crippen molar-refractivity contribution in [2.24, 2.45) is 0 Å². The fraction of sp³-hybridized carbons (Fsp3) is 0.316. The maximum atomic E-state index is 12.5. The lowest BCUT2D eigenvalue weighted by Gasteiger charge is -2.26. The highest BCUT2D eigenvalue weighted by atomic mass is 16.8. The van der Waals surface area contributed by atoms with E-state index in [1.165, 1.54) is 0 Å². The summed E-state index contributed by atoms with van der Waals surface area (Å²) in [6, 6.07) is 19.2. The Balaban J connectivity index is 1.96. The van der Waals surface area contributed by atoms with Gasteiger partial charge in [0.1, 0.15) is 6.10 Å².